The second kappa shape index (κ2) is 8.39. The second-order valence-corrected chi connectivity index (χ2v) is 10.6. The van der Waals surface area contributed by atoms with Crippen LogP contribution in [0.15, 0.2) is 42.5 Å². The fraction of sp³-hybridized carbons (Fsp3) is 0.435. The third-order valence-corrected chi connectivity index (χ3v) is 7.93. The fourth-order valence-electron chi connectivity index (χ4n) is 4.57. The number of carbonyl (C=O) groups is 1. The van der Waals surface area contributed by atoms with Crippen molar-refractivity contribution in [2.24, 2.45) is 5.92 Å². The quantitative estimate of drug-likeness (QED) is 0.610. The zero-order valence-corrected chi connectivity index (χ0v) is 18.9. The monoisotopic (exact) mass is 484 g/mol. The predicted octanol–water partition coefficient (Wildman–Crippen LogP) is 3.69. The van der Waals surface area contributed by atoms with Gasteiger partial charge in [-0.25, -0.2) is 30.7 Å². The largest absolute Gasteiger partial charge is 0.332 e. The number of nitrogens with one attached hydrogen (secondary N) is 1. The van der Waals surface area contributed by atoms with E-state index in [1.54, 1.807) is 0 Å². The summed E-state index contributed by atoms with van der Waals surface area (Å²) in [7, 11) is -3.63. The van der Waals surface area contributed by atoms with Crippen LogP contribution >= 0.6 is 0 Å². The summed E-state index contributed by atoms with van der Waals surface area (Å²) in [6.07, 6.45) is -1.66. The Labute approximate surface area is 189 Å². The third-order valence-electron chi connectivity index (χ3n) is 6.44. The van der Waals surface area contributed by atoms with Gasteiger partial charge >= 0.3 is 0 Å². The number of amides is 1. The summed E-state index contributed by atoms with van der Waals surface area (Å²) in [4.78, 5) is 14.2. The van der Waals surface area contributed by atoms with Crippen LogP contribution in [0, 0.1) is 17.6 Å². The minimum Gasteiger partial charge on any atom is -0.332 e. The number of rotatable bonds is 7. The molecule has 2 fully saturated rings. The Balaban J connectivity index is 1.58. The molecule has 1 N–H and O–H groups in total. The molecule has 5 atom stereocenters. The summed E-state index contributed by atoms with van der Waals surface area (Å²) in [5.74, 6) is -3.71. The molecule has 2 aromatic carbocycles. The zero-order valence-electron chi connectivity index (χ0n) is 18.1. The Morgan fingerprint density at radius 3 is 2.42 bits per heavy atom. The highest BCUT2D eigenvalue weighted by Gasteiger charge is 2.64. The van der Waals surface area contributed by atoms with E-state index in [0.29, 0.717) is 0 Å². The number of carbonyl (C=O) groups excluding carboxylic acids is 1. The number of hydrogen-bond donors (Lipinski definition) is 1. The SMILES string of the molecule is CCS(=O)(=O)N[C@H](C)[C@@H]1[C@H](F)CN1C(=O)[C@@H]1C[C@@]1(F)c1ccccc1-c1c(F)cccc1F. The van der Waals surface area contributed by atoms with Crippen molar-refractivity contribution in [1.82, 2.24) is 9.62 Å². The van der Waals surface area contributed by atoms with E-state index in [2.05, 4.69) is 4.72 Å². The lowest BCUT2D eigenvalue weighted by Crippen LogP contribution is -2.68. The van der Waals surface area contributed by atoms with Crippen LogP contribution < -0.4 is 4.72 Å². The lowest BCUT2D eigenvalue weighted by atomic mass is 9.91. The van der Waals surface area contributed by atoms with Crippen molar-refractivity contribution in [2.45, 2.75) is 44.2 Å². The van der Waals surface area contributed by atoms with E-state index in [4.69, 9.17) is 0 Å². The average molecular weight is 485 g/mol. The highest BCUT2D eigenvalue weighted by atomic mass is 32.2. The van der Waals surface area contributed by atoms with Gasteiger partial charge in [-0.1, -0.05) is 30.3 Å². The first-order valence-corrected chi connectivity index (χ1v) is 12.3. The second-order valence-electron chi connectivity index (χ2n) is 8.57. The third kappa shape index (κ3) is 4.14. The van der Waals surface area contributed by atoms with Gasteiger partial charge in [-0.2, -0.15) is 0 Å². The summed E-state index contributed by atoms with van der Waals surface area (Å²) in [5.41, 5.74) is -2.54. The Hall–Kier alpha value is -2.46. The van der Waals surface area contributed by atoms with Gasteiger partial charge in [0.05, 0.1) is 29.8 Å². The van der Waals surface area contributed by atoms with Crippen LogP contribution in [0.2, 0.25) is 0 Å². The van der Waals surface area contributed by atoms with E-state index in [-0.39, 0.29) is 35.4 Å². The van der Waals surface area contributed by atoms with E-state index in [9.17, 15) is 26.4 Å². The molecule has 0 spiro atoms. The van der Waals surface area contributed by atoms with Crippen LogP contribution in [0.25, 0.3) is 11.1 Å². The van der Waals surface area contributed by atoms with Gasteiger partial charge in [0, 0.05) is 12.5 Å². The van der Waals surface area contributed by atoms with Gasteiger partial charge in [-0.05, 0) is 37.1 Å². The summed E-state index contributed by atoms with van der Waals surface area (Å²) < 4.78 is 85.0. The van der Waals surface area contributed by atoms with Crippen molar-refractivity contribution < 1.29 is 30.8 Å². The van der Waals surface area contributed by atoms with E-state index in [1.807, 2.05) is 0 Å². The van der Waals surface area contributed by atoms with Crippen LogP contribution in [0.4, 0.5) is 17.6 Å². The van der Waals surface area contributed by atoms with Crippen molar-refractivity contribution in [3.63, 3.8) is 0 Å². The first kappa shape index (κ1) is 23.7. The fourth-order valence-corrected chi connectivity index (χ4v) is 5.44. The highest BCUT2D eigenvalue weighted by Crippen LogP contribution is 2.59. The maximum atomic E-state index is 15.9. The van der Waals surface area contributed by atoms with Gasteiger partial charge < -0.3 is 4.90 Å². The Kier molecular flexibility index (Phi) is 6.03. The van der Waals surface area contributed by atoms with Crippen LogP contribution in [0.1, 0.15) is 25.8 Å². The number of hydrogen-bond acceptors (Lipinski definition) is 3. The lowest BCUT2D eigenvalue weighted by molar-refractivity contribution is -0.149. The first-order chi connectivity index (χ1) is 15.5. The summed E-state index contributed by atoms with van der Waals surface area (Å²) in [6, 6.07) is 7.22. The molecule has 1 heterocycles. The summed E-state index contributed by atoms with van der Waals surface area (Å²) in [5, 5.41) is 0. The Morgan fingerprint density at radius 2 is 1.82 bits per heavy atom. The molecule has 1 aliphatic heterocycles. The van der Waals surface area contributed by atoms with Crippen molar-refractivity contribution in [3.05, 3.63) is 59.7 Å². The molecule has 1 saturated heterocycles. The van der Waals surface area contributed by atoms with Crippen LogP contribution in [0.3, 0.4) is 0 Å². The number of sulfonamides is 1. The van der Waals surface area contributed by atoms with Gasteiger partial charge in [0.15, 0.2) is 0 Å². The standard InChI is InChI=1S/C23H24F4N2O3S/c1-3-33(31,32)28-13(2)21-19(26)12-29(21)22(30)16-11-23(16,27)15-8-5-4-7-14(15)20-17(24)9-6-10-18(20)25/h4-10,13,16,19,21,28H,3,11-12H2,1-2H3/t13-,16+,19-,21-,23-/m1/s1. The maximum Gasteiger partial charge on any atom is 0.229 e. The van der Waals surface area contributed by atoms with Crippen molar-refractivity contribution in [2.75, 3.05) is 12.3 Å². The molecule has 0 unspecified atom stereocenters. The number of alkyl halides is 2. The lowest BCUT2D eigenvalue weighted by Gasteiger charge is -2.47. The van der Waals surface area contributed by atoms with E-state index >= 15 is 4.39 Å². The maximum absolute atomic E-state index is 15.9. The molecule has 0 radical (unpaired) electrons. The van der Waals surface area contributed by atoms with Crippen molar-refractivity contribution in [1.29, 1.82) is 0 Å². The summed E-state index contributed by atoms with van der Waals surface area (Å²) in [6.45, 7) is 2.62. The molecule has 1 aliphatic carbocycles. The molecule has 2 aliphatic rings. The number of nitrogens with zero attached hydrogens (tertiary/aromatic N) is 1. The molecule has 0 aromatic heterocycles. The molecule has 178 valence electrons. The first-order valence-electron chi connectivity index (χ1n) is 10.7. The molecule has 0 bridgehead atoms. The predicted molar refractivity (Wildman–Crippen MR) is 115 cm³/mol. The normalized spacial score (nSPS) is 27.7. The van der Waals surface area contributed by atoms with Crippen molar-refractivity contribution >= 4 is 15.9 Å². The number of likely N-dealkylation sites (tertiary alicyclic amines) is 1. The topological polar surface area (TPSA) is 66.5 Å². The highest BCUT2D eigenvalue weighted by molar-refractivity contribution is 7.89. The van der Waals surface area contributed by atoms with E-state index < -0.39 is 57.4 Å². The van der Waals surface area contributed by atoms with Gasteiger partial charge in [0.25, 0.3) is 0 Å². The summed E-state index contributed by atoms with van der Waals surface area (Å²) >= 11 is 0. The minimum absolute atomic E-state index is 0.0125. The molecule has 33 heavy (non-hydrogen) atoms. The smallest absolute Gasteiger partial charge is 0.229 e. The molecule has 10 heteroatoms. The molecule has 4 rings (SSSR count). The molecular formula is C23H24F4N2O3S. The van der Waals surface area contributed by atoms with Crippen LogP contribution in [-0.2, 0) is 20.5 Å². The minimum atomic E-state index is -3.63. The average Bonchev–Trinajstić information content (AvgIpc) is 3.44. The van der Waals surface area contributed by atoms with Crippen LogP contribution in [-0.4, -0.2) is 49.8 Å². The molecule has 1 saturated carbocycles. The molecular weight excluding hydrogens is 460 g/mol. The van der Waals surface area contributed by atoms with Gasteiger partial charge in [-0.15, -0.1) is 0 Å². The number of halogens is 4. The van der Waals surface area contributed by atoms with Crippen LogP contribution in [0.5, 0.6) is 0 Å². The van der Waals surface area contributed by atoms with E-state index in [0.717, 1.165) is 17.0 Å². The van der Waals surface area contributed by atoms with E-state index in [1.165, 1.54) is 44.2 Å². The Morgan fingerprint density at radius 1 is 1.18 bits per heavy atom. The number of benzene rings is 2. The molecule has 2 aromatic rings. The molecule has 5 nitrogen and oxygen atoms in total. The van der Waals surface area contributed by atoms with Gasteiger partial charge in [0.1, 0.15) is 23.5 Å². The van der Waals surface area contributed by atoms with Crippen molar-refractivity contribution in [3.8, 4) is 11.1 Å². The van der Waals surface area contributed by atoms with Gasteiger partial charge in [0.2, 0.25) is 15.9 Å². The zero-order chi connectivity index (χ0) is 24.1. The Bertz CT molecular complexity index is 1170. The van der Waals surface area contributed by atoms with Gasteiger partial charge in [-0.3, -0.25) is 4.79 Å². The molecule has 1 amide bonds.